The van der Waals surface area contributed by atoms with E-state index in [-0.39, 0.29) is 12.6 Å². The van der Waals surface area contributed by atoms with Crippen molar-refractivity contribution in [3.8, 4) is 0 Å². The number of benzene rings is 1. The molecule has 0 aliphatic rings. The van der Waals surface area contributed by atoms with E-state index in [4.69, 9.17) is 16.7 Å². The number of amides is 2. The molecule has 0 bridgehead atoms. The monoisotopic (exact) mass is 270 g/mol. The maximum atomic E-state index is 11.5. The van der Waals surface area contributed by atoms with Crippen molar-refractivity contribution >= 4 is 17.6 Å². The van der Waals surface area contributed by atoms with Gasteiger partial charge in [0.2, 0.25) is 0 Å². The molecule has 18 heavy (non-hydrogen) atoms. The highest BCUT2D eigenvalue weighted by molar-refractivity contribution is 6.31. The van der Waals surface area contributed by atoms with Crippen molar-refractivity contribution in [2.24, 2.45) is 0 Å². The highest BCUT2D eigenvalue weighted by atomic mass is 35.5. The van der Waals surface area contributed by atoms with Gasteiger partial charge in [-0.3, -0.25) is 0 Å². The summed E-state index contributed by atoms with van der Waals surface area (Å²) in [7, 11) is 0. The number of rotatable bonds is 5. The predicted octanol–water partition coefficient (Wildman–Crippen LogP) is 1.95. The molecule has 1 rings (SSSR count). The Balaban J connectivity index is 2.34. The van der Waals surface area contributed by atoms with E-state index < -0.39 is 5.54 Å². The number of carbonyl (C=O) groups excluding carboxylic acids is 1. The summed E-state index contributed by atoms with van der Waals surface area (Å²) in [6.45, 7) is 3.89. The van der Waals surface area contributed by atoms with Gasteiger partial charge in [0, 0.05) is 11.6 Å². The van der Waals surface area contributed by atoms with E-state index in [1.807, 2.05) is 24.3 Å². The van der Waals surface area contributed by atoms with Crippen molar-refractivity contribution in [3.05, 3.63) is 34.9 Å². The summed E-state index contributed by atoms with van der Waals surface area (Å²) >= 11 is 6.01. The molecular weight excluding hydrogens is 252 g/mol. The van der Waals surface area contributed by atoms with Crippen LogP contribution in [0.5, 0.6) is 0 Å². The summed E-state index contributed by atoms with van der Waals surface area (Å²) in [5.74, 6) is 0. The first-order valence-electron chi connectivity index (χ1n) is 5.85. The zero-order valence-corrected chi connectivity index (χ0v) is 11.4. The van der Waals surface area contributed by atoms with Crippen molar-refractivity contribution < 1.29 is 9.90 Å². The zero-order valence-electron chi connectivity index (χ0n) is 10.7. The Morgan fingerprint density at radius 3 is 2.67 bits per heavy atom. The summed E-state index contributed by atoms with van der Waals surface area (Å²) in [6, 6.07) is 7.25. The van der Waals surface area contributed by atoms with Gasteiger partial charge in [0.15, 0.2) is 0 Å². The fourth-order valence-electron chi connectivity index (χ4n) is 1.40. The van der Waals surface area contributed by atoms with Gasteiger partial charge >= 0.3 is 6.03 Å². The van der Waals surface area contributed by atoms with E-state index in [2.05, 4.69) is 10.6 Å². The molecule has 1 aromatic carbocycles. The lowest BCUT2D eigenvalue weighted by atomic mass is 10.1. The van der Waals surface area contributed by atoms with Crippen molar-refractivity contribution in [3.63, 3.8) is 0 Å². The summed E-state index contributed by atoms with van der Waals surface area (Å²) < 4.78 is 0. The van der Waals surface area contributed by atoms with E-state index in [9.17, 15) is 4.79 Å². The first-order valence-corrected chi connectivity index (χ1v) is 6.23. The van der Waals surface area contributed by atoms with Gasteiger partial charge in [0.25, 0.3) is 0 Å². The number of aliphatic hydroxyl groups excluding tert-OH is 1. The maximum absolute atomic E-state index is 11.5. The van der Waals surface area contributed by atoms with E-state index in [0.29, 0.717) is 18.0 Å². The van der Waals surface area contributed by atoms with Crippen LogP contribution in [-0.4, -0.2) is 29.8 Å². The minimum atomic E-state index is -0.617. The Hall–Kier alpha value is -1.26. The van der Waals surface area contributed by atoms with Crippen LogP contribution < -0.4 is 10.6 Å². The third-order valence-electron chi connectivity index (χ3n) is 2.48. The highest BCUT2D eigenvalue weighted by Crippen LogP contribution is 2.14. The molecule has 0 unspecified atom stereocenters. The van der Waals surface area contributed by atoms with E-state index in [1.54, 1.807) is 13.8 Å². The minimum Gasteiger partial charge on any atom is -0.394 e. The van der Waals surface area contributed by atoms with Crippen LogP contribution in [0.25, 0.3) is 0 Å². The number of halogens is 1. The molecule has 0 aromatic heterocycles. The fourth-order valence-corrected chi connectivity index (χ4v) is 1.63. The smallest absolute Gasteiger partial charge is 0.315 e. The molecule has 4 nitrogen and oxygen atoms in total. The van der Waals surface area contributed by atoms with Gasteiger partial charge in [-0.15, -0.1) is 0 Å². The molecule has 0 aliphatic carbocycles. The number of carbonyl (C=O) groups is 1. The van der Waals surface area contributed by atoms with Crippen LogP contribution in [0.15, 0.2) is 24.3 Å². The van der Waals surface area contributed by atoms with Crippen LogP contribution in [-0.2, 0) is 6.42 Å². The predicted molar refractivity (Wildman–Crippen MR) is 72.9 cm³/mol. The van der Waals surface area contributed by atoms with Gasteiger partial charge in [-0.05, 0) is 31.9 Å². The van der Waals surface area contributed by atoms with Crippen LogP contribution in [0.2, 0.25) is 5.02 Å². The lowest BCUT2D eigenvalue weighted by Crippen LogP contribution is -2.50. The van der Waals surface area contributed by atoms with Crippen molar-refractivity contribution in [2.45, 2.75) is 25.8 Å². The second-order valence-electron chi connectivity index (χ2n) is 4.76. The standard InChI is InChI=1S/C13H19ClN2O2/c1-13(2,9-17)16-12(18)15-8-7-10-5-3-4-6-11(10)14/h3-6,17H,7-9H2,1-2H3,(H2,15,16,18). The van der Waals surface area contributed by atoms with Gasteiger partial charge in [-0.2, -0.15) is 0 Å². The molecule has 0 saturated heterocycles. The number of hydrogen-bond donors (Lipinski definition) is 3. The molecule has 0 aliphatic heterocycles. The largest absolute Gasteiger partial charge is 0.394 e. The molecule has 100 valence electrons. The van der Waals surface area contributed by atoms with Gasteiger partial charge in [-0.1, -0.05) is 29.8 Å². The Morgan fingerprint density at radius 2 is 2.06 bits per heavy atom. The van der Waals surface area contributed by atoms with Crippen LogP contribution in [0.3, 0.4) is 0 Å². The average molecular weight is 271 g/mol. The molecule has 5 heteroatoms. The topological polar surface area (TPSA) is 61.4 Å². The summed E-state index contributed by atoms with van der Waals surface area (Å²) in [5.41, 5.74) is 0.384. The normalized spacial score (nSPS) is 11.1. The van der Waals surface area contributed by atoms with Crippen LogP contribution >= 0.6 is 11.6 Å². The van der Waals surface area contributed by atoms with E-state index in [0.717, 1.165) is 5.56 Å². The van der Waals surface area contributed by atoms with Gasteiger partial charge in [0.05, 0.1) is 12.1 Å². The van der Waals surface area contributed by atoms with Crippen LogP contribution in [0.1, 0.15) is 19.4 Å². The van der Waals surface area contributed by atoms with Gasteiger partial charge in [0.1, 0.15) is 0 Å². The second kappa shape index (κ2) is 6.61. The molecule has 0 saturated carbocycles. The summed E-state index contributed by atoms with van der Waals surface area (Å²) in [4.78, 5) is 11.5. The van der Waals surface area contributed by atoms with Crippen molar-refractivity contribution in [1.82, 2.24) is 10.6 Å². The Morgan fingerprint density at radius 1 is 1.39 bits per heavy atom. The molecule has 0 atom stereocenters. The second-order valence-corrected chi connectivity index (χ2v) is 5.17. The molecular formula is C13H19ClN2O2. The van der Waals surface area contributed by atoms with Crippen LogP contribution in [0, 0.1) is 0 Å². The Labute approximate surface area is 112 Å². The number of urea groups is 1. The average Bonchev–Trinajstić information content (AvgIpc) is 2.31. The van der Waals surface area contributed by atoms with E-state index >= 15 is 0 Å². The SMILES string of the molecule is CC(C)(CO)NC(=O)NCCc1ccccc1Cl. The molecule has 0 radical (unpaired) electrons. The number of aliphatic hydroxyl groups is 1. The summed E-state index contributed by atoms with van der Waals surface area (Å²) in [5, 5.41) is 15.1. The lowest BCUT2D eigenvalue weighted by molar-refractivity contribution is 0.182. The first kappa shape index (κ1) is 14.8. The van der Waals surface area contributed by atoms with Crippen LogP contribution in [0.4, 0.5) is 4.79 Å². The highest BCUT2D eigenvalue weighted by Gasteiger charge is 2.18. The first-order chi connectivity index (χ1) is 8.44. The van der Waals surface area contributed by atoms with E-state index in [1.165, 1.54) is 0 Å². The molecule has 1 aromatic rings. The number of nitrogens with one attached hydrogen (secondary N) is 2. The maximum Gasteiger partial charge on any atom is 0.315 e. The fraction of sp³-hybridized carbons (Fsp3) is 0.462. The molecule has 0 spiro atoms. The number of hydrogen-bond acceptors (Lipinski definition) is 2. The minimum absolute atomic E-state index is 0.106. The molecule has 0 heterocycles. The zero-order chi connectivity index (χ0) is 13.6. The van der Waals surface area contributed by atoms with Crippen molar-refractivity contribution in [2.75, 3.05) is 13.2 Å². The van der Waals surface area contributed by atoms with Gasteiger partial charge < -0.3 is 15.7 Å². The lowest BCUT2D eigenvalue weighted by Gasteiger charge is -2.23. The quantitative estimate of drug-likeness (QED) is 0.766. The molecule has 3 N–H and O–H groups in total. The Bertz CT molecular complexity index is 408. The van der Waals surface area contributed by atoms with Crippen molar-refractivity contribution in [1.29, 1.82) is 0 Å². The molecule has 2 amide bonds. The third-order valence-corrected chi connectivity index (χ3v) is 2.85. The van der Waals surface area contributed by atoms with Gasteiger partial charge in [-0.25, -0.2) is 4.79 Å². The summed E-state index contributed by atoms with van der Waals surface area (Å²) in [6.07, 6.45) is 0.673. The third kappa shape index (κ3) is 4.94. The molecule has 0 fully saturated rings. The Kier molecular flexibility index (Phi) is 5.44.